The Hall–Kier alpha value is -1.68. The highest BCUT2D eigenvalue weighted by molar-refractivity contribution is 6.51. The second-order valence-electron chi connectivity index (χ2n) is 3.23. The molecule has 0 radical (unpaired) electrons. The van der Waals surface area contributed by atoms with Crippen LogP contribution in [0.5, 0.6) is 0 Å². The predicted molar refractivity (Wildman–Crippen MR) is 55.6 cm³/mol. The van der Waals surface area contributed by atoms with Crippen LogP contribution in [0, 0.1) is 10.1 Å². The van der Waals surface area contributed by atoms with Crippen molar-refractivity contribution in [3.63, 3.8) is 0 Å². The van der Waals surface area contributed by atoms with Crippen LogP contribution < -0.4 is 0 Å². The number of nitro groups is 1. The Labute approximate surface area is 90.3 Å². The van der Waals surface area contributed by atoms with E-state index in [2.05, 4.69) is 0 Å². The highest BCUT2D eigenvalue weighted by Crippen LogP contribution is 2.30. The molecule has 1 aliphatic rings. The van der Waals surface area contributed by atoms with Gasteiger partial charge in [-0.15, -0.1) is 0 Å². The van der Waals surface area contributed by atoms with Crippen molar-refractivity contribution in [1.82, 2.24) is 0 Å². The summed E-state index contributed by atoms with van der Waals surface area (Å²) in [6, 6.07) is 4.34. The molecular weight excluding hydrogens is 218 g/mol. The average Bonchev–Trinajstić information content (AvgIpc) is 2.16. The van der Waals surface area contributed by atoms with E-state index in [-0.39, 0.29) is 22.9 Å². The van der Waals surface area contributed by atoms with E-state index < -0.39 is 4.92 Å². The van der Waals surface area contributed by atoms with Gasteiger partial charge in [-0.3, -0.25) is 14.9 Å². The maximum absolute atomic E-state index is 11.2. The number of carbonyl (C=O) groups is 1. The summed E-state index contributed by atoms with van der Waals surface area (Å²) in [5.74, 6) is -0.0821. The zero-order valence-corrected chi connectivity index (χ0v) is 8.32. The van der Waals surface area contributed by atoms with Crippen molar-refractivity contribution < 1.29 is 9.72 Å². The van der Waals surface area contributed by atoms with Crippen molar-refractivity contribution in [2.24, 2.45) is 0 Å². The largest absolute Gasteiger partial charge is 0.294 e. The van der Waals surface area contributed by atoms with Gasteiger partial charge < -0.3 is 0 Å². The van der Waals surface area contributed by atoms with Crippen LogP contribution >= 0.6 is 11.6 Å². The zero-order valence-electron chi connectivity index (χ0n) is 7.57. The summed E-state index contributed by atoms with van der Waals surface area (Å²) in [6.07, 6.45) is 1.55. The molecular formula is C10H6ClNO3. The van der Waals surface area contributed by atoms with E-state index in [4.69, 9.17) is 11.6 Å². The smallest absolute Gasteiger partial charge is 0.270 e. The lowest BCUT2D eigenvalue weighted by Gasteiger charge is -2.11. The van der Waals surface area contributed by atoms with Crippen LogP contribution in [0.1, 0.15) is 11.1 Å². The van der Waals surface area contributed by atoms with Crippen LogP contribution in [0.3, 0.4) is 0 Å². The molecule has 76 valence electrons. The van der Waals surface area contributed by atoms with E-state index in [0.29, 0.717) is 5.56 Å². The summed E-state index contributed by atoms with van der Waals surface area (Å²) in [6.45, 7) is 0. The molecule has 0 heterocycles. The molecule has 1 aromatic rings. The average molecular weight is 224 g/mol. The Morgan fingerprint density at radius 1 is 1.40 bits per heavy atom. The molecule has 0 amide bonds. The van der Waals surface area contributed by atoms with E-state index in [0.717, 1.165) is 5.56 Å². The minimum absolute atomic E-state index is 0.0188. The molecule has 4 nitrogen and oxygen atoms in total. The normalized spacial score (nSPS) is 14.5. The number of halogens is 1. The quantitative estimate of drug-likeness (QED) is 0.542. The number of ketones is 1. The Kier molecular flexibility index (Phi) is 2.28. The first kappa shape index (κ1) is 9.86. The van der Waals surface area contributed by atoms with E-state index >= 15 is 0 Å². The summed E-state index contributed by atoms with van der Waals surface area (Å²) < 4.78 is 0. The molecule has 0 saturated heterocycles. The fourth-order valence-corrected chi connectivity index (χ4v) is 1.81. The van der Waals surface area contributed by atoms with E-state index in [1.54, 1.807) is 6.07 Å². The van der Waals surface area contributed by atoms with Crippen LogP contribution in [0.15, 0.2) is 24.3 Å². The molecule has 1 aromatic carbocycles. The van der Waals surface area contributed by atoms with Gasteiger partial charge in [0.2, 0.25) is 0 Å². The first-order chi connectivity index (χ1) is 7.08. The predicted octanol–water partition coefficient (Wildman–Crippen LogP) is 2.30. The van der Waals surface area contributed by atoms with Gasteiger partial charge >= 0.3 is 0 Å². The highest BCUT2D eigenvalue weighted by Gasteiger charge is 2.19. The second-order valence-corrected chi connectivity index (χ2v) is 3.64. The van der Waals surface area contributed by atoms with Crippen molar-refractivity contribution in [2.75, 3.05) is 0 Å². The fraction of sp³-hybridized carbons (Fsp3) is 0.100. The molecule has 0 N–H and O–H groups in total. The van der Waals surface area contributed by atoms with Gasteiger partial charge in [-0.25, -0.2) is 0 Å². The van der Waals surface area contributed by atoms with Gasteiger partial charge in [-0.1, -0.05) is 17.7 Å². The molecule has 0 unspecified atom stereocenters. The van der Waals surface area contributed by atoms with Gasteiger partial charge in [0.1, 0.15) is 0 Å². The van der Waals surface area contributed by atoms with Crippen LogP contribution in [0.4, 0.5) is 5.69 Å². The monoisotopic (exact) mass is 223 g/mol. The maximum atomic E-state index is 11.2. The van der Waals surface area contributed by atoms with E-state index in [1.165, 1.54) is 18.2 Å². The summed E-state index contributed by atoms with van der Waals surface area (Å²) in [5.41, 5.74) is 1.29. The van der Waals surface area contributed by atoms with Gasteiger partial charge in [-0.2, -0.15) is 0 Å². The Bertz CT molecular complexity index is 493. The molecule has 0 saturated carbocycles. The number of rotatable bonds is 1. The lowest BCUT2D eigenvalue weighted by atomic mass is 9.96. The van der Waals surface area contributed by atoms with Gasteiger partial charge in [0.25, 0.3) is 5.69 Å². The standard InChI is InChI=1S/C10H6ClNO3/c11-10-5-8(13)3-6-1-2-7(12(14)15)4-9(6)10/h1-2,4-5H,3H2. The number of hydrogen-bond acceptors (Lipinski definition) is 3. The number of nitrogens with zero attached hydrogens (tertiary/aromatic N) is 1. The molecule has 0 fully saturated rings. The number of fused-ring (bicyclic) bond motifs is 1. The molecule has 2 rings (SSSR count). The van der Waals surface area contributed by atoms with Crippen LogP contribution in [-0.2, 0) is 11.2 Å². The van der Waals surface area contributed by atoms with Gasteiger partial charge in [0.05, 0.1) is 9.96 Å². The van der Waals surface area contributed by atoms with Crippen LogP contribution in [0.25, 0.3) is 5.03 Å². The molecule has 1 aliphatic carbocycles. The minimum Gasteiger partial charge on any atom is -0.294 e. The van der Waals surface area contributed by atoms with Crippen LogP contribution in [-0.4, -0.2) is 10.7 Å². The second kappa shape index (κ2) is 3.47. The Morgan fingerprint density at radius 2 is 2.13 bits per heavy atom. The summed E-state index contributed by atoms with van der Waals surface area (Å²) >= 11 is 5.84. The number of nitro benzene ring substituents is 1. The lowest BCUT2D eigenvalue weighted by molar-refractivity contribution is -0.384. The first-order valence-electron chi connectivity index (χ1n) is 4.25. The molecule has 15 heavy (non-hydrogen) atoms. The number of carbonyl (C=O) groups excluding carboxylic acids is 1. The van der Waals surface area contributed by atoms with Crippen molar-refractivity contribution in [1.29, 1.82) is 0 Å². The molecule has 0 aromatic heterocycles. The molecule has 0 spiro atoms. The number of non-ortho nitro benzene ring substituents is 1. The third-order valence-corrected chi connectivity index (χ3v) is 2.53. The molecule has 0 aliphatic heterocycles. The Morgan fingerprint density at radius 3 is 2.80 bits per heavy atom. The fourth-order valence-electron chi connectivity index (χ4n) is 1.51. The number of allylic oxidation sites excluding steroid dienone is 1. The molecule has 0 atom stereocenters. The highest BCUT2D eigenvalue weighted by atomic mass is 35.5. The molecule has 5 heteroatoms. The zero-order chi connectivity index (χ0) is 11.0. The lowest BCUT2D eigenvalue weighted by Crippen LogP contribution is -2.07. The summed E-state index contributed by atoms with van der Waals surface area (Å²) in [4.78, 5) is 21.2. The van der Waals surface area contributed by atoms with Crippen molar-refractivity contribution >= 4 is 28.1 Å². The number of benzene rings is 1. The van der Waals surface area contributed by atoms with Crippen molar-refractivity contribution in [2.45, 2.75) is 6.42 Å². The van der Waals surface area contributed by atoms with Crippen molar-refractivity contribution in [3.05, 3.63) is 45.5 Å². The van der Waals surface area contributed by atoms with Crippen molar-refractivity contribution in [3.8, 4) is 0 Å². The van der Waals surface area contributed by atoms with E-state index in [9.17, 15) is 14.9 Å². The first-order valence-corrected chi connectivity index (χ1v) is 4.63. The third kappa shape index (κ3) is 1.76. The summed E-state index contributed by atoms with van der Waals surface area (Å²) in [5, 5.41) is 10.8. The molecule has 0 bridgehead atoms. The maximum Gasteiger partial charge on any atom is 0.270 e. The van der Waals surface area contributed by atoms with Gasteiger partial charge in [0.15, 0.2) is 5.78 Å². The Balaban J connectivity index is 2.56. The number of hydrogen-bond donors (Lipinski definition) is 0. The van der Waals surface area contributed by atoms with Gasteiger partial charge in [-0.05, 0) is 5.56 Å². The topological polar surface area (TPSA) is 60.2 Å². The minimum atomic E-state index is -0.485. The third-order valence-electron chi connectivity index (χ3n) is 2.21. The van der Waals surface area contributed by atoms with E-state index in [1.807, 2.05) is 0 Å². The SMILES string of the molecule is O=C1C=C(Cl)c2cc([N+](=O)[O-])ccc2C1. The van der Waals surface area contributed by atoms with Gasteiger partial charge in [0, 0.05) is 30.2 Å². The summed E-state index contributed by atoms with van der Waals surface area (Å²) in [7, 11) is 0. The van der Waals surface area contributed by atoms with Crippen LogP contribution in [0.2, 0.25) is 0 Å².